The van der Waals surface area contributed by atoms with Crippen LogP contribution in [0.2, 0.25) is 0 Å². The van der Waals surface area contributed by atoms with Gasteiger partial charge in [0, 0.05) is 17.0 Å². The number of aromatic nitrogens is 3. The maximum absolute atomic E-state index is 12.0. The second-order valence-electron chi connectivity index (χ2n) is 7.75. The van der Waals surface area contributed by atoms with Gasteiger partial charge in [-0.25, -0.2) is 4.98 Å². The van der Waals surface area contributed by atoms with Crippen molar-refractivity contribution >= 4 is 34.1 Å². The van der Waals surface area contributed by atoms with Crippen LogP contribution in [0.5, 0.6) is 0 Å². The molecular formula is C17H20N4O2S2. The number of hydrogen-bond donors (Lipinski definition) is 1. The number of carbonyl (C=O) groups is 1. The van der Waals surface area contributed by atoms with Crippen LogP contribution < -0.4 is 5.32 Å². The lowest BCUT2D eigenvalue weighted by molar-refractivity contribution is -0.113. The summed E-state index contributed by atoms with van der Waals surface area (Å²) in [7, 11) is 0. The Labute approximate surface area is 154 Å². The van der Waals surface area contributed by atoms with Gasteiger partial charge in [0.2, 0.25) is 11.8 Å². The number of anilines is 1. The zero-order valence-electron chi connectivity index (χ0n) is 13.8. The topological polar surface area (TPSA) is 80.9 Å². The molecule has 2 aromatic rings. The third kappa shape index (κ3) is 2.99. The molecule has 1 N–H and O–H groups in total. The van der Waals surface area contributed by atoms with Crippen molar-refractivity contribution in [3.8, 4) is 0 Å². The first-order chi connectivity index (χ1) is 12.2. The number of thiazole rings is 1. The lowest BCUT2D eigenvalue weighted by Crippen LogP contribution is -2.48. The van der Waals surface area contributed by atoms with Crippen molar-refractivity contribution < 1.29 is 9.21 Å². The molecule has 25 heavy (non-hydrogen) atoms. The molecule has 0 atom stereocenters. The average molecular weight is 377 g/mol. The molecule has 0 saturated heterocycles. The number of hydrogen-bond acceptors (Lipinski definition) is 7. The smallest absolute Gasteiger partial charge is 0.277 e. The van der Waals surface area contributed by atoms with E-state index in [0.717, 1.165) is 23.6 Å². The SMILES string of the molecule is O=C(CSc1nnc(C23CC4CC(CC(C4)C2)C3)o1)Nc1nccs1. The van der Waals surface area contributed by atoms with Crippen LogP contribution in [0.3, 0.4) is 0 Å². The van der Waals surface area contributed by atoms with Crippen molar-refractivity contribution in [2.24, 2.45) is 17.8 Å². The average Bonchev–Trinajstić information content (AvgIpc) is 3.23. The quantitative estimate of drug-likeness (QED) is 0.801. The Balaban J connectivity index is 1.24. The minimum absolute atomic E-state index is 0.102. The van der Waals surface area contributed by atoms with E-state index < -0.39 is 0 Å². The third-order valence-corrected chi connectivity index (χ3v) is 7.41. The predicted molar refractivity (Wildman–Crippen MR) is 95.6 cm³/mol. The number of thioether (sulfide) groups is 1. The van der Waals surface area contributed by atoms with Crippen LogP contribution in [0, 0.1) is 17.8 Å². The monoisotopic (exact) mass is 376 g/mol. The molecular weight excluding hydrogens is 356 g/mol. The van der Waals surface area contributed by atoms with E-state index in [0.29, 0.717) is 10.4 Å². The molecule has 0 aromatic carbocycles. The summed E-state index contributed by atoms with van der Waals surface area (Å²) in [6.45, 7) is 0. The van der Waals surface area contributed by atoms with E-state index in [9.17, 15) is 4.79 Å². The van der Waals surface area contributed by atoms with E-state index in [4.69, 9.17) is 4.42 Å². The highest BCUT2D eigenvalue weighted by atomic mass is 32.2. The fraction of sp³-hybridized carbons (Fsp3) is 0.647. The van der Waals surface area contributed by atoms with Crippen molar-refractivity contribution in [1.82, 2.24) is 15.2 Å². The maximum Gasteiger partial charge on any atom is 0.277 e. The molecule has 6 nitrogen and oxygen atoms in total. The molecule has 4 aliphatic carbocycles. The van der Waals surface area contributed by atoms with Crippen molar-refractivity contribution in [3.05, 3.63) is 17.5 Å². The minimum atomic E-state index is -0.102. The molecule has 132 valence electrons. The number of carbonyl (C=O) groups excluding carboxylic acids is 1. The normalized spacial score (nSPS) is 32.9. The van der Waals surface area contributed by atoms with Crippen LogP contribution >= 0.6 is 23.1 Å². The van der Waals surface area contributed by atoms with Crippen LogP contribution in [0.15, 0.2) is 21.2 Å². The Kier molecular flexibility index (Phi) is 3.85. The van der Waals surface area contributed by atoms with Gasteiger partial charge in [0.05, 0.1) is 5.75 Å². The minimum Gasteiger partial charge on any atom is -0.415 e. The molecule has 6 rings (SSSR count). The highest BCUT2D eigenvalue weighted by molar-refractivity contribution is 7.99. The lowest BCUT2D eigenvalue weighted by atomic mass is 9.49. The number of rotatable bonds is 5. The first kappa shape index (κ1) is 15.8. The van der Waals surface area contributed by atoms with Crippen molar-refractivity contribution in [1.29, 1.82) is 0 Å². The third-order valence-electron chi connectivity index (χ3n) is 5.90. The van der Waals surface area contributed by atoms with Gasteiger partial charge in [0.1, 0.15) is 0 Å². The highest BCUT2D eigenvalue weighted by Crippen LogP contribution is 2.60. The summed E-state index contributed by atoms with van der Waals surface area (Å²) >= 11 is 2.71. The number of nitrogens with one attached hydrogen (secondary N) is 1. The highest BCUT2D eigenvalue weighted by Gasteiger charge is 2.54. The molecule has 2 aromatic heterocycles. The predicted octanol–water partition coefficient (Wildman–Crippen LogP) is 3.72. The Morgan fingerprint density at radius 3 is 2.60 bits per heavy atom. The molecule has 4 bridgehead atoms. The summed E-state index contributed by atoms with van der Waals surface area (Å²) < 4.78 is 6.00. The molecule has 4 saturated carbocycles. The summed E-state index contributed by atoms with van der Waals surface area (Å²) in [6, 6.07) is 0. The van der Waals surface area contributed by atoms with Crippen LogP contribution in [-0.2, 0) is 10.2 Å². The molecule has 1 amide bonds. The van der Waals surface area contributed by atoms with Gasteiger partial charge in [-0.1, -0.05) is 11.8 Å². The Bertz CT molecular complexity index is 738. The standard InChI is InChI=1S/C17H20N4O2S2/c22-13(19-15-18-1-2-24-15)9-25-16-21-20-14(23-16)17-6-10-3-11(7-17)5-12(4-10)8-17/h1-2,10-12H,3-9H2,(H,18,19,22). The molecule has 8 heteroatoms. The van der Waals surface area contributed by atoms with Gasteiger partial charge in [-0.15, -0.1) is 21.5 Å². The van der Waals surface area contributed by atoms with Gasteiger partial charge in [-0.3, -0.25) is 4.79 Å². The van der Waals surface area contributed by atoms with E-state index in [1.54, 1.807) is 6.20 Å². The van der Waals surface area contributed by atoms with Crippen LogP contribution in [0.25, 0.3) is 0 Å². The first-order valence-electron chi connectivity index (χ1n) is 8.85. The maximum atomic E-state index is 12.0. The van der Waals surface area contributed by atoms with Crippen molar-refractivity contribution in [3.63, 3.8) is 0 Å². The van der Waals surface area contributed by atoms with E-state index in [-0.39, 0.29) is 17.1 Å². The molecule has 0 spiro atoms. The fourth-order valence-electron chi connectivity index (χ4n) is 5.42. The Morgan fingerprint density at radius 2 is 1.96 bits per heavy atom. The van der Waals surface area contributed by atoms with Gasteiger partial charge < -0.3 is 9.73 Å². The molecule has 0 aliphatic heterocycles. The van der Waals surface area contributed by atoms with Gasteiger partial charge in [0.25, 0.3) is 5.22 Å². The molecule has 4 fully saturated rings. The van der Waals surface area contributed by atoms with E-state index in [1.807, 2.05) is 5.38 Å². The fourth-order valence-corrected chi connectivity index (χ4v) is 6.53. The lowest BCUT2D eigenvalue weighted by Gasteiger charge is -2.55. The van der Waals surface area contributed by atoms with E-state index in [2.05, 4.69) is 20.5 Å². The van der Waals surface area contributed by atoms with Crippen molar-refractivity contribution in [2.75, 3.05) is 11.1 Å². The molecule has 0 unspecified atom stereocenters. The molecule has 2 heterocycles. The Hall–Kier alpha value is -1.41. The van der Waals surface area contributed by atoms with E-state index in [1.165, 1.54) is 61.6 Å². The zero-order chi connectivity index (χ0) is 16.9. The largest absolute Gasteiger partial charge is 0.415 e. The van der Waals surface area contributed by atoms with Gasteiger partial charge in [-0.05, 0) is 56.3 Å². The van der Waals surface area contributed by atoms with Crippen LogP contribution in [0.1, 0.15) is 44.4 Å². The van der Waals surface area contributed by atoms with Gasteiger partial charge >= 0.3 is 0 Å². The Morgan fingerprint density at radius 1 is 1.24 bits per heavy atom. The van der Waals surface area contributed by atoms with Crippen LogP contribution in [0.4, 0.5) is 5.13 Å². The first-order valence-corrected chi connectivity index (χ1v) is 10.7. The summed E-state index contributed by atoms with van der Waals surface area (Å²) in [5, 5.41) is 14.3. The molecule has 0 radical (unpaired) electrons. The second-order valence-corrected chi connectivity index (χ2v) is 9.57. The van der Waals surface area contributed by atoms with E-state index >= 15 is 0 Å². The second kappa shape index (κ2) is 6.09. The summed E-state index contributed by atoms with van der Waals surface area (Å²) in [6.07, 6.45) is 9.47. The molecule has 4 aliphatic rings. The van der Waals surface area contributed by atoms with Crippen molar-refractivity contribution in [2.45, 2.75) is 49.2 Å². The zero-order valence-corrected chi connectivity index (χ0v) is 15.4. The van der Waals surface area contributed by atoms with Gasteiger partial charge in [0.15, 0.2) is 5.13 Å². The number of nitrogens with zero attached hydrogens (tertiary/aromatic N) is 3. The number of amides is 1. The van der Waals surface area contributed by atoms with Crippen LogP contribution in [-0.4, -0.2) is 26.8 Å². The summed E-state index contributed by atoms with van der Waals surface area (Å²) in [5.74, 6) is 3.50. The summed E-state index contributed by atoms with van der Waals surface area (Å²) in [4.78, 5) is 16.0. The summed E-state index contributed by atoms with van der Waals surface area (Å²) in [5.41, 5.74) is 0.115. The van der Waals surface area contributed by atoms with Gasteiger partial charge in [-0.2, -0.15) is 0 Å².